The highest BCUT2D eigenvalue weighted by Crippen LogP contribution is 2.26. The zero-order valence-corrected chi connectivity index (χ0v) is 9.38. The first-order valence-electron chi connectivity index (χ1n) is 4.95. The second-order valence-corrected chi connectivity index (χ2v) is 3.97. The number of fused-ring (bicyclic) bond motifs is 1. The maximum Gasteiger partial charge on any atom is 0.224 e. The Kier molecular flexibility index (Phi) is 3.36. The summed E-state index contributed by atoms with van der Waals surface area (Å²) in [6.45, 7) is 0.291. The van der Waals surface area contributed by atoms with Crippen molar-refractivity contribution in [3.8, 4) is 5.75 Å². The van der Waals surface area contributed by atoms with Crippen molar-refractivity contribution >= 4 is 28.2 Å². The highest BCUT2D eigenvalue weighted by molar-refractivity contribution is 7.64. The first-order valence-corrected chi connectivity index (χ1v) is 5.76. The summed E-state index contributed by atoms with van der Waals surface area (Å²) in [7, 11) is 0. The third-order valence-corrected chi connectivity index (χ3v) is 2.63. The predicted molar refractivity (Wildman–Crippen MR) is 63.1 cm³/mol. The molecule has 1 aliphatic rings. The number of ether oxygens (including phenoxy) is 1. The molecule has 2 rings (SSSR count). The number of anilines is 1. The standard InChI is InChI=1S/C11H11NO3S/c13-11-4-1-8-7-9(15-5-6-16-14)2-3-10(8)12-11/h2-3,6-7H,1,4-5H2,(H,12,13). The Morgan fingerprint density at radius 2 is 2.31 bits per heavy atom. The van der Waals surface area contributed by atoms with E-state index in [4.69, 9.17) is 4.74 Å². The van der Waals surface area contributed by atoms with Gasteiger partial charge in [0, 0.05) is 17.5 Å². The third kappa shape index (κ3) is 2.49. The Bertz CT molecular complexity index is 466. The molecule has 0 aromatic heterocycles. The van der Waals surface area contributed by atoms with Gasteiger partial charge in [-0.2, -0.15) is 0 Å². The summed E-state index contributed by atoms with van der Waals surface area (Å²) in [5.41, 5.74) is 1.93. The van der Waals surface area contributed by atoms with Gasteiger partial charge in [-0.05, 0) is 30.2 Å². The number of amides is 1. The lowest BCUT2D eigenvalue weighted by Gasteiger charge is -2.17. The molecule has 0 atom stereocenters. The van der Waals surface area contributed by atoms with Gasteiger partial charge in [0.05, 0.1) is 11.3 Å². The fourth-order valence-corrected chi connectivity index (χ4v) is 1.73. The molecule has 0 fully saturated rings. The second-order valence-electron chi connectivity index (χ2n) is 3.44. The van der Waals surface area contributed by atoms with Crippen molar-refractivity contribution in [1.82, 2.24) is 0 Å². The number of aryl methyl sites for hydroxylation is 1. The fourth-order valence-electron chi connectivity index (χ4n) is 1.61. The molecule has 0 aliphatic carbocycles. The van der Waals surface area contributed by atoms with Gasteiger partial charge >= 0.3 is 0 Å². The van der Waals surface area contributed by atoms with Crippen LogP contribution >= 0.6 is 0 Å². The summed E-state index contributed by atoms with van der Waals surface area (Å²) in [6, 6.07) is 5.51. The quantitative estimate of drug-likeness (QED) is 0.797. The molecular weight excluding hydrogens is 226 g/mol. The Hall–Kier alpha value is -1.62. The molecule has 0 radical (unpaired) electrons. The smallest absolute Gasteiger partial charge is 0.224 e. The predicted octanol–water partition coefficient (Wildman–Crippen LogP) is 0.965. The van der Waals surface area contributed by atoms with Crippen LogP contribution in [0.4, 0.5) is 5.69 Å². The minimum absolute atomic E-state index is 0.0530. The average molecular weight is 237 g/mol. The lowest BCUT2D eigenvalue weighted by Crippen LogP contribution is -2.18. The summed E-state index contributed by atoms with van der Waals surface area (Å²) >= 11 is 0.393. The number of benzene rings is 1. The van der Waals surface area contributed by atoms with Crippen LogP contribution in [0.1, 0.15) is 12.0 Å². The fraction of sp³-hybridized carbons (Fsp3) is 0.273. The van der Waals surface area contributed by atoms with E-state index in [0.717, 1.165) is 23.4 Å². The van der Waals surface area contributed by atoms with Gasteiger partial charge in [0.2, 0.25) is 5.91 Å². The van der Waals surface area contributed by atoms with Crippen molar-refractivity contribution in [2.75, 3.05) is 11.9 Å². The molecule has 1 N–H and O–H groups in total. The Morgan fingerprint density at radius 3 is 3.12 bits per heavy atom. The minimum Gasteiger partial charge on any atom is -0.489 e. The maximum absolute atomic E-state index is 11.1. The number of hydrogen-bond acceptors (Lipinski definition) is 3. The van der Waals surface area contributed by atoms with Gasteiger partial charge in [-0.1, -0.05) is 0 Å². The van der Waals surface area contributed by atoms with Gasteiger partial charge < -0.3 is 10.1 Å². The van der Waals surface area contributed by atoms with Crippen molar-refractivity contribution in [3.63, 3.8) is 0 Å². The largest absolute Gasteiger partial charge is 0.489 e. The topological polar surface area (TPSA) is 55.4 Å². The van der Waals surface area contributed by atoms with E-state index < -0.39 is 0 Å². The van der Waals surface area contributed by atoms with Crippen LogP contribution in [0.2, 0.25) is 0 Å². The van der Waals surface area contributed by atoms with Crippen molar-refractivity contribution < 1.29 is 13.7 Å². The zero-order chi connectivity index (χ0) is 11.4. The molecule has 0 unspecified atom stereocenters. The normalized spacial score (nSPS) is 13.6. The number of carbonyl (C=O) groups is 1. The van der Waals surface area contributed by atoms with Crippen LogP contribution in [0.5, 0.6) is 5.75 Å². The van der Waals surface area contributed by atoms with Gasteiger partial charge in [-0.15, -0.1) is 0 Å². The molecule has 5 heteroatoms. The molecule has 1 heterocycles. The molecule has 1 aliphatic heterocycles. The van der Waals surface area contributed by atoms with Crippen molar-refractivity contribution in [2.45, 2.75) is 12.8 Å². The Balaban J connectivity index is 2.13. The van der Waals surface area contributed by atoms with E-state index in [-0.39, 0.29) is 5.91 Å². The number of hydrogen-bond donors (Lipinski definition) is 1. The van der Waals surface area contributed by atoms with Crippen LogP contribution in [0, 0.1) is 0 Å². The molecule has 4 nitrogen and oxygen atoms in total. The molecule has 84 valence electrons. The summed E-state index contributed by atoms with van der Waals surface area (Å²) in [5, 5.41) is 4.24. The van der Waals surface area contributed by atoms with Crippen LogP contribution in [-0.4, -0.2) is 22.1 Å². The first kappa shape index (κ1) is 10.9. The molecule has 16 heavy (non-hydrogen) atoms. The minimum atomic E-state index is 0.0530. The van der Waals surface area contributed by atoms with Gasteiger partial charge in [0.15, 0.2) is 0 Å². The number of rotatable bonds is 3. The molecule has 1 aromatic rings. The van der Waals surface area contributed by atoms with E-state index >= 15 is 0 Å². The second kappa shape index (κ2) is 4.94. The molecule has 0 spiro atoms. The van der Waals surface area contributed by atoms with Gasteiger partial charge in [0.25, 0.3) is 0 Å². The van der Waals surface area contributed by atoms with E-state index in [1.54, 1.807) is 6.07 Å². The van der Waals surface area contributed by atoms with Crippen molar-refractivity contribution in [3.05, 3.63) is 23.8 Å². The highest BCUT2D eigenvalue weighted by atomic mass is 32.1. The average Bonchev–Trinajstić information content (AvgIpc) is 2.29. The van der Waals surface area contributed by atoms with E-state index in [1.807, 2.05) is 12.1 Å². The third-order valence-electron chi connectivity index (χ3n) is 2.36. The Labute approximate surface area is 96.7 Å². The molecule has 0 bridgehead atoms. The van der Waals surface area contributed by atoms with E-state index in [1.165, 1.54) is 5.37 Å². The summed E-state index contributed by atoms with van der Waals surface area (Å²) in [5.74, 6) is 0.775. The molecule has 1 amide bonds. The van der Waals surface area contributed by atoms with E-state index in [9.17, 15) is 9.00 Å². The summed E-state index contributed by atoms with van der Waals surface area (Å²) < 4.78 is 15.5. The molecule has 0 saturated heterocycles. The zero-order valence-electron chi connectivity index (χ0n) is 8.56. The van der Waals surface area contributed by atoms with Gasteiger partial charge in [-0.25, -0.2) is 4.21 Å². The van der Waals surface area contributed by atoms with Crippen molar-refractivity contribution in [1.29, 1.82) is 0 Å². The van der Waals surface area contributed by atoms with E-state index in [0.29, 0.717) is 24.3 Å². The monoisotopic (exact) mass is 237 g/mol. The van der Waals surface area contributed by atoms with Gasteiger partial charge in [0.1, 0.15) is 12.4 Å². The Morgan fingerprint density at radius 1 is 1.44 bits per heavy atom. The van der Waals surface area contributed by atoms with Crippen LogP contribution < -0.4 is 10.1 Å². The van der Waals surface area contributed by atoms with Crippen LogP contribution in [0.15, 0.2) is 18.2 Å². The first-order chi connectivity index (χ1) is 7.79. The van der Waals surface area contributed by atoms with Crippen LogP contribution in [-0.2, 0) is 22.5 Å². The molecular formula is C11H11NO3S. The number of nitrogens with one attached hydrogen (secondary N) is 1. The SMILES string of the molecule is O=S=CCOc1ccc2c(c1)CCC(=O)N2. The maximum atomic E-state index is 11.1. The summed E-state index contributed by atoms with van der Waals surface area (Å²) in [6.07, 6.45) is 1.25. The van der Waals surface area contributed by atoms with Gasteiger partial charge in [-0.3, -0.25) is 4.79 Å². The highest BCUT2D eigenvalue weighted by Gasteiger charge is 2.14. The number of carbonyl (C=O) groups excluding carboxylic acids is 1. The van der Waals surface area contributed by atoms with Crippen molar-refractivity contribution in [2.24, 2.45) is 0 Å². The lowest BCUT2D eigenvalue weighted by atomic mass is 10.0. The summed E-state index contributed by atoms with van der Waals surface area (Å²) in [4.78, 5) is 11.1. The molecule has 1 aromatic carbocycles. The van der Waals surface area contributed by atoms with E-state index in [2.05, 4.69) is 5.32 Å². The lowest BCUT2D eigenvalue weighted by molar-refractivity contribution is -0.116. The van der Waals surface area contributed by atoms with Crippen LogP contribution in [0.3, 0.4) is 0 Å². The molecule has 0 saturated carbocycles. The van der Waals surface area contributed by atoms with Crippen LogP contribution in [0.25, 0.3) is 0 Å².